The van der Waals surface area contributed by atoms with Crippen molar-refractivity contribution in [2.45, 2.75) is 116 Å². The molecule has 1 N–H and O–H groups in total. The lowest BCUT2D eigenvalue weighted by molar-refractivity contribution is -0.124. The van der Waals surface area contributed by atoms with E-state index in [0.717, 1.165) is 81.9 Å². The molecule has 1 amide bonds. The molecule has 3 aliphatic carbocycles. The Balaban J connectivity index is 0.00000336. The molecule has 0 spiro atoms. The maximum absolute atomic E-state index is 14.2. The summed E-state index contributed by atoms with van der Waals surface area (Å²) < 4.78 is 1.93. The molecular formula is C29H43ClN4O3S. The van der Waals surface area contributed by atoms with Crippen molar-refractivity contribution in [1.29, 1.82) is 0 Å². The number of carbonyl (C=O) groups is 2. The van der Waals surface area contributed by atoms with Crippen molar-refractivity contribution in [2.75, 3.05) is 4.90 Å². The van der Waals surface area contributed by atoms with Gasteiger partial charge in [0.05, 0.1) is 11.7 Å². The number of anilines is 1. The molecule has 0 radical (unpaired) electrons. The quantitative estimate of drug-likeness (QED) is 0.394. The summed E-state index contributed by atoms with van der Waals surface area (Å²) in [4.78, 5) is 34.2. The zero-order chi connectivity index (χ0) is 26.2. The highest BCUT2D eigenvalue weighted by Gasteiger charge is 2.39. The fourth-order valence-corrected chi connectivity index (χ4v) is 7.96. The number of amides is 1. The molecule has 0 atom stereocenters. The first-order valence-electron chi connectivity index (χ1n) is 14.3. The maximum atomic E-state index is 14.2. The van der Waals surface area contributed by atoms with Gasteiger partial charge in [-0.3, -0.25) is 4.79 Å². The van der Waals surface area contributed by atoms with E-state index in [4.69, 9.17) is 0 Å². The smallest absolute Gasteiger partial charge is 0.348 e. The molecule has 2 heterocycles. The molecule has 0 bridgehead atoms. The van der Waals surface area contributed by atoms with Gasteiger partial charge in [-0.15, -0.1) is 23.7 Å². The van der Waals surface area contributed by atoms with E-state index in [9.17, 15) is 14.7 Å². The summed E-state index contributed by atoms with van der Waals surface area (Å²) in [5.41, 5.74) is 1.01. The summed E-state index contributed by atoms with van der Waals surface area (Å²) in [5.74, 6) is 0.278. The summed E-state index contributed by atoms with van der Waals surface area (Å²) in [5, 5.41) is 14.6. The van der Waals surface area contributed by atoms with Crippen molar-refractivity contribution in [3.05, 3.63) is 28.5 Å². The number of rotatable bonds is 6. The maximum Gasteiger partial charge on any atom is 0.348 e. The van der Waals surface area contributed by atoms with Crippen LogP contribution in [0.3, 0.4) is 0 Å². The van der Waals surface area contributed by atoms with Crippen LogP contribution in [-0.4, -0.2) is 37.8 Å². The second kappa shape index (κ2) is 12.1. The van der Waals surface area contributed by atoms with E-state index in [2.05, 4.69) is 36.9 Å². The first-order valence-corrected chi connectivity index (χ1v) is 15.1. The Labute approximate surface area is 236 Å². The van der Waals surface area contributed by atoms with Crippen LogP contribution in [0.4, 0.5) is 5.69 Å². The Morgan fingerprint density at radius 3 is 2.26 bits per heavy atom. The fraction of sp³-hybridized carbons (Fsp3) is 0.724. The van der Waals surface area contributed by atoms with Crippen molar-refractivity contribution in [1.82, 2.24) is 14.8 Å². The van der Waals surface area contributed by atoms with Crippen LogP contribution in [0.25, 0.3) is 0 Å². The van der Waals surface area contributed by atoms with Gasteiger partial charge in [0.2, 0.25) is 5.91 Å². The first-order chi connectivity index (χ1) is 17.7. The predicted octanol–water partition coefficient (Wildman–Crippen LogP) is 7.49. The minimum absolute atomic E-state index is 0. The number of aromatic carboxylic acids is 1. The van der Waals surface area contributed by atoms with Crippen LogP contribution in [-0.2, 0) is 4.79 Å². The Morgan fingerprint density at radius 2 is 1.68 bits per heavy atom. The number of hydrogen-bond acceptors (Lipinski definition) is 5. The van der Waals surface area contributed by atoms with E-state index >= 15 is 0 Å². The standard InChI is InChI=1S/C29H42N4O3S.ClH/c1-19-4-6-21(7-5-19)27(34)33(23-10-8-22(9-11-23)32-18-30-17-31-32)24-16-25(37-26(24)28(35)36)20-12-14-29(2,3)15-13-20;/h16-23H,4-15H2,1-3H3,(H,35,36);1H. The molecule has 9 heteroatoms. The van der Waals surface area contributed by atoms with Gasteiger partial charge in [0.15, 0.2) is 0 Å². The van der Waals surface area contributed by atoms with Gasteiger partial charge < -0.3 is 10.0 Å². The van der Waals surface area contributed by atoms with Crippen LogP contribution < -0.4 is 4.90 Å². The van der Waals surface area contributed by atoms with Gasteiger partial charge in [-0.1, -0.05) is 20.8 Å². The molecule has 0 aliphatic heterocycles. The number of thiophene rings is 1. The highest BCUT2D eigenvalue weighted by atomic mass is 35.5. The third-order valence-electron chi connectivity index (χ3n) is 9.37. The summed E-state index contributed by atoms with van der Waals surface area (Å²) in [7, 11) is 0. The van der Waals surface area contributed by atoms with E-state index in [0.29, 0.717) is 27.8 Å². The third-order valence-corrected chi connectivity index (χ3v) is 10.6. The minimum atomic E-state index is -0.909. The van der Waals surface area contributed by atoms with Gasteiger partial charge in [-0.05, 0) is 100 Å². The number of carbonyl (C=O) groups excluding carboxylic acids is 1. The van der Waals surface area contributed by atoms with Crippen LogP contribution in [0.15, 0.2) is 18.7 Å². The van der Waals surface area contributed by atoms with Crippen LogP contribution >= 0.6 is 23.7 Å². The Hall–Kier alpha value is -1.93. The lowest BCUT2D eigenvalue weighted by Crippen LogP contribution is -2.46. The van der Waals surface area contributed by atoms with Crippen LogP contribution in [0.2, 0.25) is 0 Å². The molecule has 3 fully saturated rings. The number of hydrogen-bond donors (Lipinski definition) is 1. The molecule has 5 rings (SSSR count). The number of aromatic nitrogens is 3. The molecule has 38 heavy (non-hydrogen) atoms. The zero-order valence-corrected chi connectivity index (χ0v) is 24.6. The molecule has 2 aromatic heterocycles. The van der Waals surface area contributed by atoms with E-state index in [1.807, 2.05) is 9.58 Å². The number of carboxylic acid groups (broad SMARTS) is 1. The van der Waals surface area contributed by atoms with E-state index in [-0.39, 0.29) is 36.3 Å². The van der Waals surface area contributed by atoms with Crippen molar-refractivity contribution in [3.8, 4) is 0 Å². The van der Waals surface area contributed by atoms with Crippen molar-refractivity contribution in [3.63, 3.8) is 0 Å². The van der Waals surface area contributed by atoms with Crippen LogP contribution in [0, 0.1) is 17.3 Å². The minimum Gasteiger partial charge on any atom is -0.477 e. The van der Waals surface area contributed by atoms with Gasteiger partial charge in [0.1, 0.15) is 17.5 Å². The summed E-state index contributed by atoms with van der Waals surface area (Å²) in [6.45, 7) is 6.92. The highest BCUT2D eigenvalue weighted by molar-refractivity contribution is 7.14. The number of nitrogens with zero attached hydrogens (tertiary/aromatic N) is 4. The molecule has 0 unspecified atom stereocenters. The zero-order valence-electron chi connectivity index (χ0n) is 23.0. The Bertz CT molecular complexity index is 1080. The SMILES string of the molecule is CC1CCC(C(=O)N(c2cc(C3CCC(C)(C)CC3)sc2C(=O)O)C2CCC(n3cncn3)CC2)CC1.Cl. The molecule has 210 valence electrons. The lowest BCUT2D eigenvalue weighted by atomic mass is 9.73. The topological polar surface area (TPSA) is 88.3 Å². The second-order valence-corrected chi connectivity index (χ2v) is 13.7. The van der Waals surface area contributed by atoms with Crippen molar-refractivity contribution in [2.24, 2.45) is 17.3 Å². The third kappa shape index (κ3) is 6.27. The fourth-order valence-electron chi connectivity index (χ4n) is 6.80. The molecule has 7 nitrogen and oxygen atoms in total. The van der Waals surface area contributed by atoms with Crippen LogP contribution in [0.1, 0.15) is 124 Å². The van der Waals surface area contributed by atoms with Crippen LogP contribution in [0.5, 0.6) is 0 Å². The molecular weight excluding hydrogens is 520 g/mol. The largest absolute Gasteiger partial charge is 0.477 e. The predicted molar refractivity (Wildman–Crippen MR) is 153 cm³/mol. The Morgan fingerprint density at radius 1 is 1.03 bits per heavy atom. The van der Waals surface area contributed by atoms with Gasteiger partial charge in [0.25, 0.3) is 0 Å². The summed E-state index contributed by atoms with van der Waals surface area (Å²) in [6, 6.07) is 2.40. The number of carboxylic acids is 1. The Kier molecular flexibility index (Phi) is 9.23. The second-order valence-electron chi connectivity index (χ2n) is 12.6. The van der Waals surface area contributed by atoms with Gasteiger partial charge in [-0.2, -0.15) is 5.10 Å². The van der Waals surface area contributed by atoms with E-state index in [1.54, 1.807) is 12.7 Å². The van der Waals surface area contributed by atoms with Gasteiger partial charge in [0, 0.05) is 16.8 Å². The normalized spacial score (nSPS) is 27.9. The molecule has 3 aliphatic rings. The van der Waals surface area contributed by atoms with Crippen molar-refractivity contribution >= 4 is 41.3 Å². The number of halogens is 1. The first kappa shape index (κ1) is 29.1. The molecule has 3 saturated carbocycles. The summed E-state index contributed by atoms with van der Waals surface area (Å²) >= 11 is 1.41. The monoisotopic (exact) mass is 562 g/mol. The van der Waals surface area contributed by atoms with E-state index < -0.39 is 5.97 Å². The van der Waals surface area contributed by atoms with Gasteiger partial charge in [-0.25, -0.2) is 14.5 Å². The average molecular weight is 563 g/mol. The molecule has 2 aromatic rings. The summed E-state index contributed by atoms with van der Waals surface area (Å²) in [6.07, 6.45) is 15.3. The lowest BCUT2D eigenvalue weighted by Gasteiger charge is -2.39. The van der Waals surface area contributed by atoms with Crippen molar-refractivity contribution < 1.29 is 14.7 Å². The molecule has 0 aromatic carbocycles. The molecule has 0 saturated heterocycles. The van der Waals surface area contributed by atoms with Gasteiger partial charge >= 0.3 is 5.97 Å². The average Bonchev–Trinajstić information content (AvgIpc) is 3.56. The van der Waals surface area contributed by atoms with E-state index in [1.165, 1.54) is 11.3 Å². The highest BCUT2D eigenvalue weighted by Crippen LogP contribution is 2.47.